The molecular weight excluding hydrogens is 268 g/mol. The molecule has 19 heavy (non-hydrogen) atoms. The Morgan fingerprint density at radius 1 is 1.00 bits per heavy atom. The van der Waals surface area contributed by atoms with E-state index in [2.05, 4.69) is 62.4 Å². The molecule has 0 saturated heterocycles. The minimum absolute atomic E-state index is 0.313. The summed E-state index contributed by atoms with van der Waals surface area (Å²) in [5, 5.41) is 0. The fourth-order valence-corrected chi connectivity index (χ4v) is 4.77. The topological polar surface area (TPSA) is 0 Å². The first-order chi connectivity index (χ1) is 9.15. The molecule has 1 aliphatic heterocycles. The van der Waals surface area contributed by atoms with E-state index in [0.29, 0.717) is 5.41 Å². The molecule has 2 aromatic carbocycles. The number of benzene rings is 2. The predicted molar refractivity (Wildman–Crippen MR) is 85.4 cm³/mol. The summed E-state index contributed by atoms with van der Waals surface area (Å²) in [7, 11) is 0. The summed E-state index contributed by atoms with van der Waals surface area (Å²) in [4.78, 5) is 4.12. The second-order valence-electron chi connectivity index (χ2n) is 5.56. The highest BCUT2D eigenvalue weighted by Crippen LogP contribution is 2.43. The molecule has 1 heterocycles. The Morgan fingerprint density at radius 3 is 2.58 bits per heavy atom. The Hall–Kier alpha value is -0.860. The second kappa shape index (κ2) is 5.26. The summed E-state index contributed by atoms with van der Waals surface area (Å²) in [6.45, 7) is 4.73. The van der Waals surface area contributed by atoms with Gasteiger partial charge in [-0.3, -0.25) is 0 Å². The molecule has 0 radical (unpaired) electrons. The van der Waals surface area contributed by atoms with Crippen LogP contribution in [0.2, 0.25) is 0 Å². The molecule has 0 atom stereocenters. The van der Waals surface area contributed by atoms with Crippen molar-refractivity contribution in [2.45, 2.75) is 40.4 Å². The molecule has 2 heteroatoms. The van der Waals surface area contributed by atoms with Gasteiger partial charge in [-0.15, -0.1) is 11.8 Å². The van der Waals surface area contributed by atoms with Crippen LogP contribution in [-0.2, 0) is 5.41 Å². The van der Waals surface area contributed by atoms with E-state index in [9.17, 15) is 0 Å². The third-order valence-electron chi connectivity index (χ3n) is 3.64. The van der Waals surface area contributed by atoms with Crippen LogP contribution in [0.15, 0.2) is 63.2 Å². The van der Waals surface area contributed by atoms with Crippen molar-refractivity contribution in [3.8, 4) is 0 Å². The van der Waals surface area contributed by atoms with Crippen molar-refractivity contribution in [3.63, 3.8) is 0 Å². The van der Waals surface area contributed by atoms with Crippen LogP contribution < -0.4 is 0 Å². The normalized spacial score (nSPS) is 16.9. The summed E-state index contributed by atoms with van der Waals surface area (Å²) in [5.74, 6) is 1.24. The van der Waals surface area contributed by atoms with Gasteiger partial charge in [-0.2, -0.15) is 0 Å². The summed E-state index contributed by atoms with van der Waals surface area (Å²) in [6.07, 6.45) is 1.27. The highest BCUT2D eigenvalue weighted by atomic mass is 32.2. The van der Waals surface area contributed by atoms with E-state index in [1.165, 1.54) is 32.4 Å². The van der Waals surface area contributed by atoms with Crippen molar-refractivity contribution in [1.82, 2.24) is 0 Å². The van der Waals surface area contributed by atoms with Gasteiger partial charge in [0.1, 0.15) is 0 Å². The van der Waals surface area contributed by atoms with Crippen LogP contribution in [0.5, 0.6) is 0 Å². The van der Waals surface area contributed by atoms with Gasteiger partial charge >= 0.3 is 0 Å². The molecule has 1 aliphatic rings. The number of hydrogen-bond acceptors (Lipinski definition) is 2. The summed E-state index contributed by atoms with van der Waals surface area (Å²) in [5.41, 5.74) is 1.83. The third kappa shape index (κ3) is 2.85. The molecule has 0 nitrogen and oxygen atoms in total. The van der Waals surface area contributed by atoms with Gasteiger partial charge < -0.3 is 0 Å². The minimum atomic E-state index is 0.313. The van der Waals surface area contributed by atoms with Gasteiger partial charge in [-0.25, -0.2) is 0 Å². The Bertz CT molecular complexity index is 573. The first kappa shape index (κ1) is 13.1. The average molecular weight is 286 g/mol. The van der Waals surface area contributed by atoms with Crippen LogP contribution >= 0.6 is 23.5 Å². The van der Waals surface area contributed by atoms with Crippen molar-refractivity contribution in [3.05, 3.63) is 54.1 Å². The van der Waals surface area contributed by atoms with E-state index in [0.717, 1.165) is 0 Å². The van der Waals surface area contributed by atoms with Crippen LogP contribution in [-0.4, -0.2) is 5.75 Å². The van der Waals surface area contributed by atoms with Crippen molar-refractivity contribution in [1.29, 1.82) is 0 Å². The van der Waals surface area contributed by atoms with Crippen LogP contribution in [0.25, 0.3) is 0 Å². The molecule has 0 unspecified atom stereocenters. The van der Waals surface area contributed by atoms with Crippen LogP contribution in [0.4, 0.5) is 0 Å². The smallest absolute Gasteiger partial charge is 0.0126 e. The number of thioether (sulfide) groups is 1. The van der Waals surface area contributed by atoms with Gasteiger partial charge in [0.15, 0.2) is 0 Å². The van der Waals surface area contributed by atoms with Gasteiger partial charge in [0.25, 0.3) is 0 Å². The Kier molecular flexibility index (Phi) is 3.64. The molecule has 98 valence electrons. The second-order valence-corrected chi connectivity index (χ2v) is 7.84. The van der Waals surface area contributed by atoms with Crippen LogP contribution in [0, 0.1) is 0 Å². The molecule has 0 aliphatic carbocycles. The van der Waals surface area contributed by atoms with Gasteiger partial charge in [0.2, 0.25) is 0 Å². The van der Waals surface area contributed by atoms with Gasteiger partial charge in [0, 0.05) is 14.7 Å². The van der Waals surface area contributed by atoms with Gasteiger partial charge in [-0.1, -0.05) is 43.8 Å². The molecular formula is C17H18S2. The van der Waals surface area contributed by atoms with Crippen molar-refractivity contribution < 1.29 is 0 Å². The van der Waals surface area contributed by atoms with Crippen LogP contribution in [0.3, 0.4) is 0 Å². The Morgan fingerprint density at radius 2 is 1.79 bits per heavy atom. The standard InChI is InChI=1S/C17H18S2/c1-17(2)10-11-18-16-9-8-14(12-15(16)17)19-13-6-4-3-5-7-13/h3-9,12H,10-11H2,1-2H3. The largest absolute Gasteiger partial charge is 0.126 e. The zero-order valence-corrected chi connectivity index (χ0v) is 13.0. The van der Waals surface area contributed by atoms with Crippen molar-refractivity contribution in [2.24, 2.45) is 0 Å². The molecule has 0 aromatic heterocycles. The minimum Gasteiger partial charge on any atom is -0.126 e. The quantitative estimate of drug-likeness (QED) is 0.703. The summed E-state index contributed by atoms with van der Waals surface area (Å²) >= 11 is 3.85. The zero-order chi connectivity index (χ0) is 13.3. The Balaban J connectivity index is 1.93. The number of rotatable bonds is 2. The number of fused-ring (bicyclic) bond motifs is 1. The maximum Gasteiger partial charge on any atom is 0.0126 e. The van der Waals surface area contributed by atoms with E-state index < -0.39 is 0 Å². The lowest BCUT2D eigenvalue weighted by Gasteiger charge is -2.32. The third-order valence-corrected chi connectivity index (χ3v) is 5.72. The fraction of sp³-hybridized carbons (Fsp3) is 0.294. The van der Waals surface area contributed by atoms with Gasteiger partial charge in [0.05, 0.1) is 0 Å². The molecule has 0 saturated carbocycles. The van der Waals surface area contributed by atoms with E-state index >= 15 is 0 Å². The van der Waals surface area contributed by atoms with Gasteiger partial charge in [-0.05, 0) is 53.5 Å². The first-order valence-electron chi connectivity index (χ1n) is 6.65. The summed E-state index contributed by atoms with van der Waals surface area (Å²) in [6, 6.07) is 17.5. The lowest BCUT2D eigenvalue weighted by Crippen LogP contribution is -2.22. The highest BCUT2D eigenvalue weighted by Gasteiger charge is 2.27. The van der Waals surface area contributed by atoms with E-state index in [1.807, 2.05) is 23.5 Å². The molecule has 0 fully saturated rings. The molecule has 0 spiro atoms. The predicted octanol–water partition coefficient (Wildman–Crippen LogP) is 5.61. The van der Waals surface area contributed by atoms with E-state index in [-0.39, 0.29) is 0 Å². The molecule has 3 rings (SSSR count). The van der Waals surface area contributed by atoms with E-state index in [4.69, 9.17) is 0 Å². The zero-order valence-electron chi connectivity index (χ0n) is 11.3. The lowest BCUT2D eigenvalue weighted by atomic mass is 9.82. The molecule has 0 bridgehead atoms. The molecule has 0 N–H and O–H groups in total. The first-order valence-corrected chi connectivity index (χ1v) is 8.46. The maximum atomic E-state index is 2.39. The Labute approximate surface area is 124 Å². The lowest BCUT2D eigenvalue weighted by molar-refractivity contribution is 0.493. The molecule has 2 aromatic rings. The highest BCUT2D eigenvalue weighted by molar-refractivity contribution is 7.99. The number of hydrogen-bond donors (Lipinski definition) is 0. The average Bonchev–Trinajstić information content (AvgIpc) is 2.40. The summed E-state index contributed by atoms with van der Waals surface area (Å²) < 4.78 is 0. The molecule has 0 amide bonds. The maximum absolute atomic E-state index is 2.39. The van der Waals surface area contributed by atoms with Crippen molar-refractivity contribution >= 4 is 23.5 Å². The van der Waals surface area contributed by atoms with Crippen molar-refractivity contribution in [2.75, 3.05) is 5.75 Å². The fourth-order valence-electron chi connectivity index (χ4n) is 2.40. The van der Waals surface area contributed by atoms with E-state index in [1.54, 1.807) is 0 Å². The van der Waals surface area contributed by atoms with Crippen LogP contribution in [0.1, 0.15) is 25.8 Å². The SMILES string of the molecule is CC1(C)CCSc2ccc(Sc3ccccc3)cc21. The monoisotopic (exact) mass is 286 g/mol.